The molecule has 21 heavy (non-hydrogen) atoms. The second-order valence-corrected chi connectivity index (χ2v) is 4.76. The molecule has 3 heterocycles. The molecule has 0 aliphatic carbocycles. The van der Waals surface area contributed by atoms with E-state index in [0.717, 1.165) is 15.4 Å². The Bertz CT molecular complexity index is 841. The van der Waals surface area contributed by atoms with Crippen LogP contribution < -0.4 is 11.0 Å². The molecule has 3 aromatic heterocycles. The van der Waals surface area contributed by atoms with Crippen molar-refractivity contribution in [1.29, 1.82) is 0 Å². The molecule has 0 bridgehead atoms. The van der Waals surface area contributed by atoms with Crippen LogP contribution in [0.15, 0.2) is 22.7 Å². The highest BCUT2D eigenvalue weighted by molar-refractivity contribution is 7.13. The maximum absolute atomic E-state index is 12.3. The van der Waals surface area contributed by atoms with E-state index in [1.807, 2.05) is 0 Å². The summed E-state index contributed by atoms with van der Waals surface area (Å²) in [5.74, 6) is -0.551. The van der Waals surface area contributed by atoms with E-state index in [2.05, 4.69) is 25.6 Å². The van der Waals surface area contributed by atoms with Crippen LogP contribution in [0.4, 0.5) is 9.52 Å². The minimum atomic E-state index is -0.744. The third kappa shape index (κ3) is 2.38. The summed E-state index contributed by atoms with van der Waals surface area (Å²) in [6.07, 6.45) is 2.69. The number of aryl methyl sites for hydroxylation is 1. The van der Waals surface area contributed by atoms with E-state index in [0.29, 0.717) is 5.13 Å². The highest BCUT2D eigenvalue weighted by Crippen LogP contribution is 2.12. The van der Waals surface area contributed by atoms with Gasteiger partial charge in [-0.3, -0.25) is 10.1 Å². The van der Waals surface area contributed by atoms with Crippen LogP contribution in [0.1, 0.15) is 10.5 Å². The molecule has 9 nitrogen and oxygen atoms in total. The molecule has 108 valence electrons. The molecule has 11 heteroatoms. The van der Waals surface area contributed by atoms with E-state index in [-0.39, 0.29) is 17.9 Å². The number of hydrogen-bond donors (Lipinski definition) is 1. The van der Waals surface area contributed by atoms with Crippen molar-refractivity contribution in [2.45, 2.75) is 6.54 Å². The van der Waals surface area contributed by atoms with Gasteiger partial charge in [-0.1, -0.05) is 5.21 Å². The van der Waals surface area contributed by atoms with Crippen molar-refractivity contribution < 1.29 is 9.18 Å². The minimum Gasteiger partial charge on any atom is -0.296 e. The summed E-state index contributed by atoms with van der Waals surface area (Å²) < 4.78 is 14.2. The smallest absolute Gasteiger partial charge is 0.296 e. The number of nitrogens with zero attached hydrogens (tertiary/aromatic N) is 6. The Morgan fingerprint density at radius 2 is 2.29 bits per heavy atom. The average molecular weight is 309 g/mol. The SMILES string of the molecule is O=C(Nc1nccs1)c1ncn2c(=O)n(CCF)nnc12. The minimum absolute atomic E-state index is 0.00386. The van der Waals surface area contributed by atoms with E-state index in [9.17, 15) is 14.0 Å². The molecule has 0 spiro atoms. The number of anilines is 1. The summed E-state index contributed by atoms with van der Waals surface area (Å²) in [5, 5.41) is 11.9. The first-order chi connectivity index (χ1) is 10.2. The van der Waals surface area contributed by atoms with Crippen molar-refractivity contribution in [2.24, 2.45) is 0 Å². The van der Waals surface area contributed by atoms with Crippen LogP contribution in [0.5, 0.6) is 0 Å². The lowest BCUT2D eigenvalue weighted by atomic mass is 10.4. The molecule has 0 saturated heterocycles. The van der Waals surface area contributed by atoms with Gasteiger partial charge in [-0.2, -0.15) is 4.68 Å². The average Bonchev–Trinajstić information content (AvgIpc) is 3.11. The summed E-state index contributed by atoms with van der Waals surface area (Å²) in [6, 6.07) is 0. The summed E-state index contributed by atoms with van der Waals surface area (Å²) >= 11 is 1.24. The Balaban J connectivity index is 1.99. The van der Waals surface area contributed by atoms with Gasteiger partial charge in [0.15, 0.2) is 16.5 Å². The number of aromatic nitrogens is 6. The molecular weight excluding hydrogens is 301 g/mol. The lowest BCUT2D eigenvalue weighted by Gasteiger charge is -2.01. The van der Waals surface area contributed by atoms with Gasteiger partial charge in [0.05, 0.1) is 6.54 Å². The molecular formula is C10H8FN7O2S. The Morgan fingerprint density at radius 3 is 3.00 bits per heavy atom. The van der Waals surface area contributed by atoms with Crippen molar-refractivity contribution in [2.75, 3.05) is 12.0 Å². The van der Waals surface area contributed by atoms with Gasteiger partial charge in [-0.25, -0.2) is 23.6 Å². The molecule has 0 fully saturated rings. The largest absolute Gasteiger partial charge is 0.353 e. The van der Waals surface area contributed by atoms with Crippen LogP contribution in [0.3, 0.4) is 0 Å². The molecule has 0 unspecified atom stereocenters. The van der Waals surface area contributed by atoms with Gasteiger partial charge in [0.25, 0.3) is 5.91 Å². The number of carbonyl (C=O) groups excluding carboxylic acids is 1. The lowest BCUT2D eigenvalue weighted by Crippen LogP contribution is -2.30. The number of amides is 1. The number of hydrogen-bond acceptors (Lipinski definition) is 7. The maximum Gasteiger partial charge on any atom is 0.353 e. The number of carbonyl (C=O) groups is 1. The molecule has 3 rings (SSSR count). The first-order valence-electron chi connectivity index (χ1n) is 5.78. The van der Waals surface area contributed by atoms with Gasteiger partial charge in [0.2, 0.25) is 0 Å². The van der Waals surface area contributed by atoms with Crippen LogP contribution in [-0.4, -0.2) is 41.9 Å². The number of rotatable bonds is 4. The number of thiazole rings is 1. The van der Waals surface area contributed by atoms with Gasteiger partial charge in [0, 0.05) is 11.6 Å². The summed E-state index contributed by atoms with van der Waals surface area (Å²) in [4.78, 5) is 31.8. The van der Waals surface area contributed by atoms with Crippen molar-refractivity contribution in [3.63, 3.8) is 0 Å². The van der Waals surface area contributed by atoms with E-state index in [4.69, 9.17) is 0 Å². The highest BCUT2D eigenvalue weighted by atomic mass is 32.1. The standard InChI is InChI=1S/C10H8FN7O2S/c11-1-3-18-10(20)17-5-13-6(7(17)15-16-18)8(19)14-9-12-2-4-21-9/h2,4-5H,1,3H2,(H,12,14,19). The zero-order valence-electron chi connectivity index (χ0n) is 10.4. The second kappa shape index (κ2) is 5.36. The summed E-state index contributed by atoms with van der Waals surface area (Å²) in [7, 11) is 0. The Hall–Kier alpha value is -2.69. The van der Waals surface area contributed by atoms with Crippen LogP contribution >= 0.6 is 11.3 Å². The quantitative estimate of drug-likeness (QED) is 0.725. The van der Waals surface area contributed by atoms with Crippen LogP contribution in [0.25, 0.3) is 5.65 Å². The molecule has 0 saturated carbocycles. The molecule has 0 atom stereocenters. The molecule has 1 amide bonds. The number of nitrogens with one attached hydrogen (secondary N) is 1. The van der Waals surface area contributed by atoms with Gasteiger partial charge >= 0.3 is 5.69 Å². The zero-order valence-corrected chi connectivity index (χ0v) is 11.2. The second-order valence-electron chi connectivity index (χ2n) is 3.86. The normalized spacial score (nSPS) is 10.9. The van der Waals surface area contributed by atoms with E-state index >= 15 is 0 Å². The monoisotopic (exact) mass is 309 g/mol. The van der Waals surface area contributed by atoms with Crippen molar-refractivity contribution in [3.8, 4) is 0 Å². The van der Waals surface area contributed by atoms with E-state index < -0.39 is 18.3 Å². The third-order valence-corrected chi connectivity index (χ3v) is 3.27. The van der Waals surface area contributed by atoms with E-state index in [1.54, 1.807) is 11.6 Å². The number of imidazole rings is 1. The topological polar surface area (TPSA) is 107 Å². The first kappa shape index (κ1) is 13.3. The number of halogens is 1. The predicted molar refractivity (Wildman–Crippen MR) is 71.1 cm³/mol. The molecule has 1 N–H and O–H groups in total. The molecule has 3 aromatic rings. The molecule has 0 aliphatic heterocycles. The Kier molecular flexibility index (Phi) is 3.39. The number of alkyl halides is 1. The van der Waals surface area contributed by atoms with Crippen molar-refractivity contribution >= 4 is 28.0 Å². The Labute approximate surface area is 120 Å². The molecule has 0 radical (unpaired) electrons. The highest BCUT2D eigenvalue weighted by Gasteiger charge is 2.18. The van der Waals surface area contributed by atoms with E-state index in [1.165, 1.54) is 11.3 Å². The summed E-state index contributed by atoms with van der Waals surface area (Å²) in [6.45, 7) is -0.952. The van der Waals surface area contributed by atoms with Crippen molar-refractivity contribution in [3.05, 3.63) is 34.1 Å². The molecule has 0 aromatic carbocycles. The lowest BCUT2D eigenvalue weighted by molar-refractivity contribution is 0.102. The van der Waals surface area contributed by atoms with Gasteiger partial charge in [-0.05, 0) is 0 Å². The fourth-order valence-electron chi connectivity index (χ4n) is 1.66. The molecule has 0 aliphatic rings. The predicted octanol–water partition coefficient (Wildman–Crippen LogP) is -0.0357. The van der Waals surface area contributed by atoms with Crippen LogP contribution in [0.2, 0.25) is 0 Å². The fraction of sp³-hybridized carbons (Fsp3) is 0.200. The third-order valence-electron chi connectivity index (χ3n) is 2.58. The maximum atomic E-state index is 12.3. The number of fused-ring (bicyclic) bond motifs is 1. The van der Waals surface area contributed by atoms with Gasteiger partial charge < -0.3 is 0 Å². The van der Waals surface area contributed by atoms with Gasteiger partial charge in [0.1, 0.15) is 13.0 Å². The summed E-state index contributed by atoms with van der Waals surface area (Å²) in [5.41, 5.74) is -0.662. The van der Waals surface area contributed by atoms with Crippen LogP contribution in [0, 0.1) is 0 Å². The zero-order chi connectivity index (χ0) is 14.8. The van der Waals surface area contributed by atoms with Gasteiger partial charge in [-0.15, -0.1) is 16.4 Å². The van der Waals surface area contributed by atoms with Crippen LogP contribution in [-0.2, 0) is 6.54 Å². The Morgan fingerprint density at radius 1 is 1.43 bits per heavy atom. The first-order valence-corrected chi connectivity index (χ1v) is 6.66. The fourth-order valence-corrected chi connectivity index (χ4v) is 2.18. The van der Waals surface area contributed by atoms with Crippen molar-refractivity contribution in [1.82, 2.24) is 29.4 Å².